The number of aromatic nitrogens is 1. The molecule has 1 aliphatic rings. The first kappa shape index (κ1) is 14.4. The molecule has 1 aliphatic heterocycles. The molecule has 1 saturated heterocycles. The minimum Gasteiger partial charge on any atom is -0.368 e. The molecule has 0 bridgehead atoms. The lowest BCUT2D eigenvalue weighted by Gasteiger charge is -2.31. The van der Waals surface area contributed by atoms with E-state index in [9.17, 15) is 9.18 Å². The van der Waals surface area contributed by atoms with E-state index in [1.807, 2.05) is 0 Å². The molecule has 0 unspecified atom stereocenters. The Hall–Kier alpha value is -2.57. The fourth-order valence-electron chi connectivity index (χ4n) is 2.64. The Morgan fingerprint density at radius 1 is 1.36 bits per heavy atom. The quantitative estimate of drug-likeness (QED) is 0.893. The van der Waals surface area contributed by atoms with Crippen LogP contribution in [0.1, 0.15) is 24.5 Å². The maximum absolute atomic E-state index is 13.1. The van der Waals surface area contributed by atoms with Crippen molar-refractivity contribution in [2.24, 2.45) is 0 Å². The van der Waals surface area contributed by atoms with Gasteiger partial charge in [0.2, 0.25) is 5.88 Å². The number of benzene rings is 1. The molecular weight excluding hydrogens is 287 g/mol. The Bertz CT molecular complexity index is 665. The van der Waals surface area contributed by atoms with Crippen molar-refractivity contribution in [3.63, 3.8) is 0 Å². The molecule has 3 N–H and O–H groups in total. The van der Waals surface area contributed by atoms with Gasteiger partial charge >= 0.3 is 6.03 Å². The van der Waals surface area contributed by atoms with E-state index >= 15 is 0 Å². The molecule has 1 aromatic heterocycles. The number of halogens is 1. The summed E-state index contributed by atoms with van der Waals surface area (Å²) in [6.45, 7) is 1.22. The highest BCUT2D eigenvalue weighted by Crippen LogP contribution is 2.28. The second kappa shape index (κ2) is 6.05. The first-order valence-electron chi connectivity index (χ1n) is 7.15. The lowest BCUT2D eigenvalue weighted by atomic mass is 9.94. The number of nitrogens with zero attached hydrogens (tertiary/aromatic N) is 2. The van der Waals surface area contributed by atoms with Gasteiger partial charge in [-0.15, -0.1) is 0 Å². The highest BCUT2D eigenvalue weighted by atomic mass is 19.1. The van der Waals surface area contributed by atoms with Gasteiger partial charge in [-0.1, -0.05) is 11.2 Å². The first-order chi connectivity index (χ1) is 10.6. The van der Waals surface area contributed by atoms with E-state index in [0.717, 1.165) is 18.5 Å². The predicted molar refractivity (Wildman–Crippen MR) is 79.9 cm³/mol. The zero-order valence-electron chi connectivity index (χ0n) is 12.0. The van der Waals surface area contributed by atoms with Gasteiger partial charge in [-0.05, 0) is 31.0 Å². The highest BCUT2D eigenvalue weighted by molar-refractivity contribution is 5.89. The topological polar surface area (TPSA) is 84.4 Å². The van der Waals surface area contributed by atoms with Gasteiger partial charge < -0.3 is 20.5 Å². The van der Waals surface area contributed by atoms with Crippen LogP contribution in [0.3, 0.4) is 0 Å². The lowest BCUT2D eigenvalue weighted by Crippen LogP contribution is -2.40. The average molecular weight is 304 g/mol. The zero-order chi connectivity index (χ0) is 15.5. The monoisotopic (exact) mass is 304 g/mol. The normalized spacial score (nSPS) is 15.8. The third-order valence-corrected chi connectivity index (χ3v) is 3.82. The summed E-state index contributed by atoms with van der Waals surface area (Å²) in [5, 5.41) is 6.63. The van der Waals surface area contributed by atoms with Gasteiger partial charge in [0.25, 0.3) is 0 Å². The first-order valence-corrected chi connectivity index (χ1v) is 7.15. The predicted octanol–water partition coefficient (Wildman–Crippen LogP) is 2.81. The summed E-state index contributed by atoms with van der Waals surface area (Å²) < 4.78 is 18.0. The number of anilines is 2. The van der Waals surface area contributed by atoms with Crippen LogP contribution in [0.25, 0.3) is 0 Å². The number of nitrogens with two attached hydrogens (primary N) is 1. The summed E-state index contributed by atoms with van der Waals surface area (Å²) in [4.78, 5) is 13.9. The molecule has 0 aliphatic carbocycles. The molecule has 1 aromatic carbocycles. The van der Waals surface area contributed by atoms with Gasteiger partial charge in [-0.2, -0.15) is 0 Å². The van der Waals surface area contributed by atoms with E-state index in [2.05, 4.69) is 10.5 Å². The van der Waals surface area contributed by atoms with E-state index in [-0.39, 0.29) is 17.8 Å². The summed E-state index contributed by atoms with van der Waals surface area (Å²) in [5.41, 5.74) is 6.82. The van der Waals surface area contributed by atoms with E-state index in [4.69, 9.17) is 10.3 Å². The smallest absolute Gasteiger partial charge is 0.321 e. The molecule has 116 valence electrons. The van der Waals surface area contributed by atoms with Crippen molar-refractivity contribution in [3.05, 3.63) is 41.8 Å². The maximum atomic E-state index is 13.1. The highest BCUT2D eigenvalue weighted by Gasteiger charge is 2.25. The fraction of sp³-hybridized carbons (Fsp3) is 0.333. The molecule has 2 heterocycles. The molecule has 1 fully saturated rings. The second-order valence-corrected chi connectivity index (χ2v) is 5.36. The van der Waals surface area contributed by atoms with Crippen molar-refractivity contribution in [1.29, 1.82) is 0 Å². The van der Waals surface area contributed by atoms with Crippen LogP contribution in [-0.4, -0.2) is 29.2 Å². The van der Waals surface area contributed by atoms with Gasteiger partial charge in [-0.25, -0.2) is 9.18 Å². The van der Waals surface area contributed by atoms with Crippen molar-refractivity contribution >= 4 is 17.6 Å². The number of piperidine rings is 1. The molecule has 2 amide bonds. The summed E-state index contributed by atoms with van der Waals surface area (Å²) in [6, 6.07) is 7.36. The van der Waals surface area contributed by atoms with Crippen molar-refractivity contribution in [2.45, 2.75) is 18.8 Å². The van der Waals surface area contributed by atoms with E-state index in [1.165, 1.54) is 12.1 Å². The van der Waals surface area contributed by atoms with Gasteiger partial charge in [-0.3, -0.25) is 0 Å². The van der Waals surface area contributed by atoms with Gasteiger partial charge in [0.15, 0.2) is 0 Å². The molecule has 7 heteroatoms. The number of hydrogen-bond acceptors (Lipinski definition) is 4. The third kappa shape index (κ3) is 3.19. The number of hydrogen-bond donors (Lipinski definition) is 2. The largest absolute Gasteiger partial charge is 0.368 e. The number of rotatable bonds is 2. The van der Waals surface area contributed by atoms with Crippen LogP contribution in [0.5, 0.6) is 0 Å². The summed E-state index contributed by atoms with van der Waals surface area (Å²) in [6.07, 6.45) is 1.59. The van der Waals surface area contributed by atoms with Crippen LogP contribution >= 0.6 is 0 Å². The Morgan fingerprint density at radius 2 is 2.14 bits per heavy atom. The Kier molecular flexibility index (Phi) is 3.95. The summed E-state index contributed by atoms with van der Waals surface area (Å²) in [5.74, 6) is 0.181. The van der Waals surface area contributed by atoms with Gasteiger partial charge in [0.1, 0.15) is 5.82 Å². The van der Waals surface area contributed by atoms with E-state index < -0.39 is 0 Å². The molecular formula is C15H17FN4O2. The van der Waals surface area contributed by atoms with E-state index in [1.54, 1.807) is 23.1 Å². The summed E-state index contributed by atoms with van der Waals surface area (Å²) in [7, 11) is 0. The minimum atomic E-state index is -0.375. The molecule has 0 atom stereocenters. The van der Waals surface area contributed by atoms with Gasteiger partial charge in [0, 0.05) is 30.8 Å². The van der Waals surface area contributed by atoms with Crippen molar-refractivity contribution in [3.8, 4) is 0 Å². The molecule has 0 spiro atoms. The standard InChI is InChI=1S/C15H17FN4O2/c16-11-2-1-3-12(8-11)18-15(21)20-6-4-10(5-7-20)13-9-14(17)22-19-13/h1-3,8-10H,4-7,17H2,(H,18,21). The lowest BCUT2D eigenvalue weighted by molar-refractivity contribution is 0.193. The fourth-order valence-corrected chi connectivity index (χ4v) is 2.64. The van der Waals surface area contributed by atoms with Crippen molar-refractivity contribution < 1.29 is 13.7 Å². The van der Waals surface area contributed by atoms with Crippen LogP contribution in [0.4, 0.5) is 20.8 Å². The SMILES string of the molecule is Nc1cc(C2CCN(C(=O)Nc3cccc(F)c3)CC2)no1. The van der Waals surface area contributed by atoms with Crippen LogP contribution in [0.2, 0.25) is 0 Å². The molecule has 0 saturated carbocycles. The Morgan fingerprint density at radius 3 is 2.77 bits per heavy atom. The molecule has 3 rings (SSSR count). The van der Waals surface area contributed by atoms with Crippen LogP contribution < -0.4 is 11.1 Å². The Balaban J connectivity index is 1.55. The second-order valence-electron chi connectivity index (χ2n) is 5.36. The average Bonchev–Trinajstić information content (AvgIpc) is 2.94. The number of amides is 2. The van der Waals surface area contributed by atoms with Gasteiger partial charge in [0.05, 0.1) is 5.69 Å². The van der Waals surface area contributed by atoms with Crippen LogP contribution in [-0.2, 0) is 0 Å². The van der Waals surface area contributed by atoms with Crippen LogP contribution in [0.15, 0.2) is 34.9 Å². The molecule has 0 radical (unpaired) electrons. The zero-order valence-corrected chi connectivity index (χ0v) is 12.0. The number of carbonyl (C=O) groups excluding carboxylic acids is 1. The van der Waals surface area contributed by atoms with Crippen molar-refractivity contribution in [1.82, 2.24) is 10.1 Å². The van der Waals surface area contributed by atoms with E-state index in [0.29, 0.717) is 24.7 Å². The van der Waals surface area contributed by atoms with Crippen LogP contribution in [0, 0.1) is 5.82 Å². The molecule has 2 aromatic rings. The number of urea groups is 1. The maximum Gasteiger partial charge on any atom is 0.321 e. The number of nitrogen functional groups attached to an aromatic ring is 1. The minimum absolute atomic E-state index is 0.219. The molecule has 6 nitrogen and oxygen atoms in total. The number of carbonyl (C=O) groups is 1. The number of likely N-dealkylation sites (tertiary alicyclic amines) is 1. The molecule has 22 heavy (non-hydrogen) atoms. The Labute approximate surface area is 127 Å². The third-order valence-electron chi connectivity index (χ3n) is 3.82. The van der Waals surface area contributed by atoms with Crippen molar-refractivity contribution in [2.75, 3.05) is 24.1 Å². The number of nitrogens with one attached hydrogen (secondary N) is 1. The summed E-state index contributed by atoms with van der Waals surface area (Å²) >= 11 is 0.